The minimum Gasteiger partial charge on any atom is -0.388 e. The van der Waals surface area contributed by atoms with Crippen LogP contribution in [-0.2, 0) is 20.4 Å². The molecule has 13 heteroatoms. The molecule has 38 heavy (non-hydrogen) atoms. The van der Waals surface area contributed by atoms with Gasteiger partial charge in [0, 0.05) is 12.5 Å². The van der Waals surface area contributed by atoms with Crippen molar-refractivity contribution < 1.29 is 42.8 Å². The highest BCUT2D eigenvalue weighted by Crippen LogP contribution is 2.35. The fourth-order valence-corrected chi connectivity index (χ4v) is 6.14. The second-order valence-electron chi connectivity index (χ2n) is 9.84. The third kappa shape index (κ3) is 6.17. The number of thioether (sulfide) groups is 1. The molecule has 0 saturated carbocycles. The van der Waals surface area contributed by atoms with E-state index in [4.69, 9.17) is 21.1 Å². The molecule has 10 atom stereocenters. The number of halogens is 4. The average molecular weight is 581 g/mol. The van der Waals surface area contributed by atoms with E-state index in [1.165, 1.54) is 12.1 Å². The summed E-state index contributed by atoms with van der Waals surface area (Å²) in [6.07, 6.45) is -6.23. The SMILES string of the molecule is CSC1O[C@H]([C@H](NC(=O)[C@H]2NC[C@@H]3CC(c4ccc(C(F)(F)F)cc4)=CCO[C@H]32)[C@H](C)Cl)C(O)C(O)[C@H]1O. The number of fused-ring (bicyclic) bond motifs is 1. The van der Waals surface area contributed by atoms with Crippen LogP contribution in [0.3, 0.4) is 0 Å². The molecule has 0 spiro atoms. The van der Waals surface area contributed by atoms with Crippen LogP contribution in [0.2, 0.25) is 0 Å². The first kappa shape index (κ1) is 29.6. The molecular formula is C25H32ClF3N2O6S. The number of hydrogen-bond acceptors (Lipinski definition) is 8. The van der Waals surface area contributed by atoms with Crippen LogP contribution in [0.5, 0.6) is 0 Å². The molecule has 5 N–H and O–H groups in total. The van der Waals surface area contributed by atoms with Gasteiger partial charge in [-0.15, -0.1) is 23.4 Å². The summed E-state index contributed by atoms with van der Waals surface area (Å²) in [5, 5.41) is 36.4. The third-order valence-corrected chi connectivity index (χ3v) is 8.48. The summed E-state index contributed by atoms with van der Waals surface area (Å²) in [4.78, 5) is 13.4. The lowest BCUT2D eigenvalue weighted by Gasteiger charge is -2.44. The summed E-state index contributed by atoms with van der Waals surface area (Å²) in [5.41, 5.74) is -0.0265. The molecule has 4 rings (SSSR count). The molecule has 8 nitrogen and oxygen atoms in total. The number of carbonyl (C=O) groups is 1. The Balaban J connectivity index is 1.43. The van der Waals surface area contributed by atoms with Crippen LogP contribution < -0.4 is 10.6 Å². The Morgan fingerprint density at radius 2 is 1.87 bits per heavy atom. The number of carbonyl (C=O) groups excluding carboxylic acids is 1. The minimum atomic E-state index is -4.41. The van der Waals surface area contributed by atoms with Crippen LogP contribution in [0.15, 0.2) is 30.3 Å². The second kappa shape index (κ2) is 12.0. The van der Waals surface area contributed by atoms with Crippen LogP contribution in [0.1, 0.15) is 24.5 Å². The maximum absolute atomic E-state index is 13.4. The number of aliphatic hydroxyl groups excluding tert-OH is 3. The lowest BCUT2D eigenvalue weighted by atomic mass is 9.90. The van der Waals surface area contributed by atoms with E-state index in [2.05, 4.69) is 10.6 Å². The van der Waals surface area contributed by atoms with Gasteiger partial charge in [0.1, 0.15) is 35.9 Å². The molecule has 212 valence electrons. The standard InChI is InChI=1S/C25H32ClF3N2O6S/c1-11(26)16(22-19(33)18(32)20(34)24(37-22)38-2)31-23(35)17-21-14(10-30-17)9-13(7-8-36-21)12-3-5-15(6-4-12)25(27,28)29/h3-7,11,14,16-22,24,30,32-34H,8-10H2,1-2H3,(H,31,35)/t11-,14-,16+,17-,18?,19?,20+,21+,22+,24?/m0/s1. The lowest BCUT2D eigenvalue weighted by Crippen LogP contribution is -2.65. The van der Waals surface area contributed by atoms with Gasteiger partial charge in [-0.3, -0.25) is 4.79 Å². The minimum absolute atomic E-state index is 0.108. The maximum atomic E-state index is 13.4. The van der Waals surface area contributed by atoms with Crippen molar-refractivity contribution >= 4 is 34.8 Å². The zero-order chi connectivity index (χ0) is 27.8. The molecule has 3 aliphatic heterocycles. The van der Waals surface area contributed by atoms with Crippen molar-refractivity contribution in [3.8, 4) is 0 Å². The van der Waals surface area contributed by atoms with Gasteiger partial charge in [0.2, 0.25) is 5.91 Å². The Bertz CT molecular complexity index is 1010. The van der Waals surface area contributed by atoms with Gasteiger partial charge in [-0.25, -0.2) is 0 Å². The summed E-state index contributed by atoms with van der Waals surface area (Å²) in [7, 11) is 0. The monoisotopic (exact) mass is 580 g/mol. The molecule has 1 aromatic rings. The first-order valence-corrected chi connectivity index (χ1v) is 14.0. The van der Waals surface area contributed by atoms with Gasteiger partial charge >= 0.3 is 6.18 Å². The van der Waals surface area contributed by atoms with Crippen molar-refractivity contribution in [2.75, 3.05) is 19.4 Å². The smallest absolute Gasteiger partial charge is 0.388 e. The lowest BCUT2D eigenvalue weighted by molar-refractivity contribution is -0.205. The predicted molar refractivity (Wildman–Crippen MR) is 137 cm³/mol. The molecule has 1 amide bonds. The Hall–Kier alpha value is -1.38. The van der Waals surface area contributed by atoms with E-state index < -0.39 is 71.1 Å². The van der Waals surface area contributed by atoms with Gasteiger partial charge in [-0.05, 0) is 42.9 Å². The van der Waals surface area contributed by atoms with E-state index in [-0.39, 0.29) is 12.5 Å². The normalized spacial score (nSPS) is 35.6. The summed E-state index contributed by atoms with van der Waals surface area (Å²) in [6.45, 7) is 2.26. The Kier molecular flexibility index (Phi) is 9.36. The van der Waals surface area contributed by atoms with Crippen LogP contribution in [0, 0.1) is 5.92 Å². The topological polar surface area (TPSA) is 120 Å². The highest BCUT2D eigenvalue weighted by atomic mass is 35.5. The van der Waals surface area contributed by atoms with E-state index in [0.717, 1.165) is 29.5 Å². The highest BCUT2D eigenvalue weighted by molar-refractivity contribution is 7.99. The molecule has 1 aromatic carbocycles. The average Bonchev–Trinajstić information content (AvgIpc) is 3.15. The number of nitrogens with one attached hydrogen (secondary N) is 2. The number of hydrogen-bond donors (Lipinski definition) is 5. The fraction of sp³-hybridized carbons (Fsp3) is 0.640. The van der Waals surface area contributed by atoms with Crippen molar-refractivity contribution in [1.29, 1.82) is 0 Å². The molecule has 0 radical (unpaired) electrons. The van der Waals surface area contributed by atoms with Crippen molar-refractivity contribution in [1.82, 2.24) is 10.6 Å². The number of ether oxygens (including phenoxy) is 2. The highest BCUT2D eigenvalue weighted by Gasteiger charge is 2.49. The number of alkyl halides is 4. The largest absolute Gasteiger partial charge is 0.416 e. The number of amides is 1. The Morgan fingerprint density at radius 3 is 2.47 bits per heavy atom. The van der Waals surface area contributed by atoms with Crippen molar-refractivity contribution in [3.05, 3.63) is 41.5 Å². The fourth-order valence-electron chi connectivity index (χ4n) is 5.26. The molecule has 2 saturated heterocycles. The van der Waals surface area contributed by atoms with Gasteiger partial charge in [-0.2, -0.15) is 13.2 Å². The molecular weight excluding hydrogens is 549 g/mol. The number of benzene rings is 1. The molecule has 0 aromatic heterocycles. The van der Waals surface area contributed by atoms with Crippen LogP contribution >= 0.6 is 23.4 Å². The van der Waals surface area contributed by atoms with Gasteiger partial charge in [0.05, 0.1) is 29.7 Å². The molecule has 3 unspecified atom stereocenters. The summed E-state index contributed by atoms with van der Waals surface area (Å²) in [5.74, 6) is -0.534. The van der Waals surface area contributed by atoms with Crippen LogP contribution in [-0.4, -0.2) is 94.1 Å². The first-order chi connectivity index (χ1) is 17.9. The predicted octanol–water partition coefficient (Wildman–Crippen LogP) is 1.75. The second-order valence-corrected chi connectivity index (χ2v) is 11.5. The van der Waals surface area contributed by atoms with Crippen LogP contribution in [0.25, 0.3) is 5.57 Å². The van der Waals surface area contributed by atoms with Gasteiger partial charge in [0.25, 0.3) is 0 Å². The van der Waals surface area contributed by atoms with E-state index in [9.17, 15) is 33.3 Å². The molecule has 3 heterocycles. The Morgan fingerprint density at radius 1 is 1.18 bits per heavy atom. The molecule has 0 aliphatic carbocycles. The van der Waals surface area contributed by atoms with Gasteiger partial charge < -0.3 is 35.4 Å². The van der Waals surface area contributed by atoms with E-state index >= 15 is 0 Å². The zero-order valence-corrected chi connectivity index (χ0v) is 22.3. The maximum Gasteiger partial charge on any atom is 0.416 e. The van der Waals surface area contributed by atoms with Gasteiger partial charge in [-0.1, -0.05) is 18.2 Å². The first-order valence-electron chi connectivity index (χ1n) is 12.3. The summed E-state index contributed by atoms with van der Waals surface area (Å²) in [6, 6.07) is 3.35. The van der Waals surface area contributed by atoms with Gasteiger partial charge in [0.15, 0.2) is 0 Å². The molecule has 0 bridgehead atoms. The van der Waals surface area contributed by atoms with E-state index in [1.54, 1.807) is 13.2 Å². The van der Waals surface area contributed by atoms with Crippen molar-refractivity contribution in [2.45, 2.75) is 72.9 Å². The zero-order valence-electron chi connectivity index (χ0n) is 20.8. The quantitative estimate of drug-likeness (QED) is 0.323. The van der Waals surface area contributed by atoms with E-state index in [0.29, 0.717) is 18.5 Å². The Labute approximate surface area is 227 Å². The van der Waals surface area contributed by atoms with Crippen molar-refractivity contribution in [3.63, 3.8) is 0 Å². The molecule has 3 aliphatic rings. The van der Waals surface area contributed by atoms with Crippen LogP contribution in [0.4, 0.5) is 13.2 Å². The number of allylic oxidation sites excluding steroid dienone is 1. The van der Waals surface area contributed by atoms with Crippen molar-refractivity contribution in [2.24, 2.45) is 5.92 Å². The number of aliphatic hydroxyl groups is 3. The molecule has 2 fully saturated rings. The van der Waals surface area contributed by atoms with E-state index in [1.807, 2.05) is 6.08 Å². The third-order valence-electron chi connectivity index (χ3n) is 7.36. The summed E-state index contributed by atoms with van der Waals surface area (Å²) >= 11 is 7.53. The summed E-state index contributed by atoms with van der Waals surface area (Å²) < 4.78 is 50.6. The number of rotatable bonds is 6.